The molecule has 4 heteroatoms. The Bertz CT molecular complexity index is 294. The van der Waals surface area contributed by atoms with Crippen molar-refractivity contribution in [3.05, 3.63) is 24.3 Å². The van der Waals surface area contributed by atoms with E-state index in [1.54, 1.807) is 6.08 Å². The third kappa shape index (κ3) is 7.17. The fourth-order valence-corrected chi connectivity index (χ4v) is 4.66. The van der Waals surface area contributed by atoms with Crippen LogP contribution in [0.3, 0.4) is 0 Å². The number of esters is 1. The molecule has 0 amide bonds. The Morgan fingerprint density at radius 3 is 3.00 bits per heavy atom. The Morgan fingerprint density at radius 1 is 1.50 bits per heavy atom. The summed E-state index contributed by atoms with van der Waals surface area (Å²) in [6, 6.07) is 0. The van der Waals surface area contributed by atoms with Crippen molar-refractivity contribution in [2.24, 2.45) is 0 Å². The standard InChI is InChI=1S/C14H22O2S2/c1-3-12(2)8-10-16-14(15)7-5-4-6-13-9-11-17-18-13/h3,8,13H,1,4-7,9-11H2,2H3/b12-8-/t13-/m1/s1. The van der Waals surface area contributed by atoms with Crippen molar-refractivity contribution in [1.82, 2.24) is 0 Å². The SMILES string of the molecule is C=C/C(C)=C\COC(=O)CCCC[C@@H]1CCSS1. The molecule has 1 aliphatic rings. The van der Waals surface area contributed by atoms with E-state index < -0.39 is 0 Å². The minimum Gasteiger partial charge on any atom is -0.461 e. The maximum absolute atomic E-state index is 11.4. The third-order valence-corrected chi connectivity index (χ3v) is 5.86. The van der Waals surface area contributed by atoms with E-state index in [2.05, 4.69) is 6.58 Å². The van der Waals surface area contributed by atoms with Gasteiger partial charge in [-0.25, -0.2) is 0 Å². The Hall–Kier alpha value is -0.350. The molecular weight excluding hydrogens is 264 g/mol. The third-order valence-electron chi connectivity index (χ3n) is 2.86. The highest BCUT2D eigenvalue weighted by atomic mass is 33.1. The number of rotatable bonds is 8. The summed E-state index contributed by atoms with van der Waals surface area (Å²) in [6.45, 7) is 5.95. The molecule has 0 unspecified atom stereocenters. The van der Waals surface area contributed by atoms with Gasteiger partial charge in [-0.1, -0.05) is 46.2 Å². The van der Waals surface area contributed by atoms with Crippen LogP contribution in [-0.4, -0.2) is 23.6 Å². The van der Waals surface area contributed by atoms with Crippen molar-refractivity contribution in [1.29, 1.82) is 0 Å². The van der Waals surface area contributed by atoms with E-state index in [9.17, 15) is 4.79 Å². The van der Waals surface area contributed by atoms with Gasteiger partial charge in [-0.05, 0) is 32.3 Å². The van der Waals surface area contributed by atoms with Gasteiger partial charge < -0.3 is 4.74 Å². The first-order valence-electron chi connectivity index (χ1n) is 6.45. The van der Waals surface area contributed by atoms with Gasteiger partial charge in [0, 0.05) is 17.4 Å². The van der Waals surface area contributed by atoms with E-state index in [1.165, 1.54) is 18.6 Å². The van der Waals surface area contributed by atoms with Gasteiger partial charge in [0.25, 0.3) is 0 Å². The molecule has 0 spiro atoms. The second-order valence-electron chi connectivity index (χ2n) is 4.41. The van der Waals surface area contributed by atoms with Crippen LogP contribution in [0, 0.1) is 0 Å². The molecule has 18 heavy (non-hydrogen) atoms. The summed E-state index contributed by atoms with van der Waals surface area (Å²) < 4.78 is 5.11. The highest BCUT2D eigenvalue weighted by Gasteiger charge is 2.15. The van der Waals surface area contributed by atoms with Crippen LogP contribution in [0.1, 0.15) is 39.0 Å². The molecule has 0 aromatic rings. The van der Waals surface area contributed by atoms with Crippen LogP contribution in [0.2, 0.25) is 0 Å². The predicted octanol–water partition coefficient (Wildman–Crippen LogP) is 4.38. The highest BCUT2D eigenvalue weighted by molar-refractivity contribution is 8.77. The fraction of sp³-hybridized carbons (Fsp3) is 0.643. The Balaban J connectivity index is 1.97. The van der Waals surface area contributed by atoms with Gasteiger partial charge in [0.1, 0.15) is 6.61 Å². The van der Waals surface area contributed by atoms with Crippen molar-refractivity contribution < 1.29 is 9.53 Å². The van der Waals surface area contributed by atoms with Gasteiger partial charge in [0.15, 0.2) is 0 Å². The first-order valence-corrected chi connectivity index (χ1v) is 8.83. The lowest BCUT2D eigenvalue weighted by molar-refractivity contribution is -0.142. The number of allylic oxidation sites excluding steroid dienone is 2. The first kappa shape index (κ1) is 15.7. The molecule has 1 fully saturated rings. The zero-order valence-electron chi connectivity index (χ0n) is 11.0. The average molecular weight is 286 g/mol. The largest absolute Gasteiger partial charge is 0.461 e. The van der Waals surface area contributed by atoms with E-state index in [-0.39, 0.29) is 5.97 Å². The van der Waals surface area contributed by atoms with Gasteiger partial charge >= 0.3 is 5.97 Å². The zero-order chi connectivity index (χ0) is 13.2. The van der Waals surface area contributed by atoms with E-state index in [1.807, 2.05) is 34.6 Å². The molecule has 0 radical (unpaired) electrons. The van der Waals surface area contributed by atoms with Gasteiger partial charge in [0.2, 0.25) is 0 Å². The smallest absolute Gasteiger partial charge is 0.306 e. The molecule has 0 N–H and O–H groups in total. The van der Waals surface area contributed by atoms with Gasteiger partial charge in [-0.15, -0.1) is 0 Å². The molecule has 102 valence electrons. The minimum atomic E-state index is -0.0865. The molecule has 0 saturated carbocycles. The maximum Gasteiger partial charge on any atom is 0.306 e. The quantitative estimate of drug-likeness (QED) is 0.286. The molecular formula is C14H22O2S2. The number of hydrogen-bond acceptors (Lipinski definition) is 4. The summed E-state index contributed by atoms with van der Waals surface area (Å²) in [7, 11) is 3.98. The molecule has 0 bridgehead atoms. The molecule has 1 atom stereocenters. The van der Waals surface area contributed by atoms with Crippen LogP contribution >= 0.6 is 21.6 Å². The van der Waals surface area contributed by atoms with Crippen molar-refractivity contribution in [2.45, 2.75) is 44.3 Å². The van der Waals surface area contributed by atoms with Crippen molar-refractivity contribution >= 4 is 27.6 Å². The molecule has 1 rings (SSSR count). The van der Waals surface area contributed by atoms with Gasteiger partial charge in [0.05, 0.1) is 0 Å². The van der Waals surface area contributed by atoms with E-state index >= 15 is 0 Å². The number of unbranched alkanes of at least 4 members (excludes halogenated alkanes) is 1. The lowest BCUT2D eigenvalue weighted by atomic mass is 10.1. The van der Waals surface area contributed by atoms with Crippen molar-refractivity contribution in [2.75, 3.05) is 12.4 Å². The van der Waals surface area contributed by atoms with Crippen molar-refractivity contribution in [3.63, 3.8) is 0 Å². The number of ether oxygens (including phenoxy) is 1. The van der Waals surface area contributed by atoms with E-state index in [0.717, 1.165) is 23.7 Å². The Morgan fingerprint density at radius 2 is 2.33 bits per heavy atom. The molecule has 2 nitrogen and oxygen atoms in total. The monoisotopic (exact) mass is 286 g/mol. The van der Waals surface area contributed by atoms with E-state index in [4.69, 9.17) is 4.74 Å². The Labute approximate surface area is 118 Å². The summed E-state index contributed by atoms with van der Waals surface area (Å²) in [5.74, 6) is 1.20. The number of carbonyl (C=O) groups excluding carboxylic acids is 1. The van der Waals surface area contributed by atoms with Crippen LogP contribution < -0.4 is 0 Å². The molecule has 1 saturated heterocycles. The summed E-state index contributed by atoms with van der Waals surface area (Å²) in [5, 5.41) is 0.809. The lowest BCUT2D eigenvalue weighted by Gasteiger charge is -2.06. The second kappa shape index (κ2) is 9.56. The summed E-state index contributed by atoms with van der Waals surface area (Å²) in [6.07, 6.45) is 8.82. The fourth-order valence-electron chi connectivity index (χ4n) is 1.63. The highest BCUT2D eigenvalue weighted by Crippen LogP contribution is 2.39. The van der Waals surface area contributed by atoms with Gasteiger partial charge in [-0.3, -0.25) is 4.79 Å². The average Bonchev–Trinajstić information content (AvgIpc) is 2.87. The molecule has 0 aliphatic carbocycles. The van der Waals surface area contributed by atoms with E-state index in [0.29, 0.717) is 13.0 Å². The molecule has 1 aliphatic heterocycles. The maximum atomic E-state index is 11.4. The van der Waals surface area contributed by atoms with Crippen LogP contribution in [0.5, 0.6) is 0 Å². The summed E-state index contributed by atoms with van der Waals surface area (Å²) in [5.41, 5.74) is 1.04. The number of hydrogen-bond donors (Lipinski definition) is 0. The summed E-state index contributed by atoms with van der Waals surface area (Å²) >= 11 is 0. The van der Waals surface area contributed by atoms with Crippen LogP contribution in [0.15, 0.2) is 24.3 Å². The molecule has 1 heterocycles. The number of carbonyl (C=O) groups is 1. The van der Waals surface area contributed by atoms with Gasteiger partial charge in [-0.2, -0.15) is 0 Å². The zero-order valence-corrected chi connectivity index (χ0v) is 12.7. The normalized spacial score (nSPS) is 19.8. The van der Waals surface area contributed by atoms with Crippen LogP contribution in [-0.2, 0) is 9.53 Å². The van der Waals surface area contributed by atoms with Crippen LogP contribution in [0.25, 0.3) is 0 Å². The lowest BCUT2D eigenvalue weighted by Crippen LogP contribution is -2.05. The van der Waals surface area contributed by atoms with Crippen molar-refractivity contribution in [3.8, 4) is 0 Å². The second-order valence-corrected chi connectivity index (χ2v) is 7.20. The first-order chi connectivity index (χ1) is 8.72. The van der Waals surface area contributed by atoms with Crippen LogP contribution in [0.4, 0.5) is 0 Å². The molecule has 0 aromatic carbocycles. The summed E-state index contributed by atoms with van der Waals surface area (Å²) in [4.78, 5) is 11.4. The Kier molecular flexibility index (Phi) is 8.34. The predicted molar refractivity (Wildman–Crippen MR) is 81.8 cm³/mol. The minimum absolute atomic E-state index is 0.0865. The topological polar surface area (TPSA) is 26.3 Å². The molecule has 0 aromatic heterocycles.